The highest BCUT2D eigenvalue weighted by molar-refractivity contribution is 7.98. The fraction of sp³-hybridized carbons (Fsp3) is 0.308. The van der Waals surface area contributed by atoms with E-state index in [1.54, 1.807) is 25.1 Å². The zero-order valence-electron chi connectivity index (χ0n) is 11.9. The SMILES string of the molecule is CSc1nnc(C)n1NC(=O)COc1ccc(Cl)c(C)c1. The number of halogens is 1. The van der Waals surface area contributed by atoms with E-state index >= 15 is 0 Å². The number of carbonyl (C=O) groups excluding carboxylic acids is 1. The molecule has 2 aromatic rings. The molecule has 0 spiro atoms. The Kier molecular flexibility index (Phi) is 5.08. The third kappa shape index (κ3) is 3.89. The van der Waals surface area contributed by atoms with Gasteiger partial charge in [-0.3, -0.25) is 10.2 Å². The van der Waals surface area contributed by atoms with Gasteiger partial charge in [0.05, 0.1) is 0 Å². The van der Waals surface area contributed by atoms with Crippen LogP contribution in [-0.4, -0.2) is 33.6 Å². The summed E-state index contributed by atoms with van der Waals surface area (Å²) in [6.45, 7) is 3.53. The number of rotatable bonds is 5. The van der Waals surface area contributed by atoms with Crippen molar-refractivity contribution in [3.05, 3.63) is 34.6 Å². The van der Waals surface area contributed by atoms with Gasteiger partial charge in [-0.15, -0.1) is 10.2 Å². The lowest BCUT2D eigenvalue weighted by Gasteiger charge is -2.10. The van der Waals surface area contributed by atoms with E-state index in [0.29, 0.717) is 21.8 Å². The van der Waals surface area contributed by atoms with Crippen LogP contribution >= 0.6 is 23.4 Å². The Labute approximate surface area is 131 Å². The molecule has 0 aliphatic rings. The van der Waals surface area contributed by atoms with Gasteiger partial charge in [-0.05, 0) is 43.9 Å². The summed E-state index contributed by atoms with van der Waals surface area (Å²) >= 11 is 7.33. The van der Waals surface area contributed by atoms with Crippen LogP contribution in [0.4, 0.5) is 0 Å². The second-order valence-corrected chi connectivity index (χ2v) is 5.48. The summed E-state index contributed by atoms with van der Waals surface area (Å²) in [5.41, 5.74) is 3.58. The Morgan fingerprint density at radius 1 is 1.43 bits per heavy atom. The monoisotopic (exact) mass is 326 g/mol. The number of hydrogen-bond acceptors (Lipinski definition) is 5. The van der Waals surface area contributed by atoms with E-state index in [2.05, 4.69) is 15.6 Å². The third-order valence-corrected chi connectivity index (χ3v) is 3.77. The molecule has 0 aliphatic heterocycles. The second-order valence-electron chi connectivity index (χ2n) is 4.30. The molecule has 0 aliphatic carbocycles. The highest BCUT2D eigenvalue weighted by Crippen LogP contribution is 2.20. The molecule has 0 radical (unpaired) electrons. The fourth-order valence-corrected chi connectivity index (χ4v) is 2.22. The molecule has 0 saturated carbocycles. The van der Waals surface area contributed by atoms with Crippen molar-refractivity contribution in [2.75, 3.05) is 18.3 Å². The maximum Gasteiger partial charge on any atom is 0.276 e. The summed E-state index contributed by atoms with van der Waals surface area (Å²) in [4.78, 5) is 11.9. The van der Waals surface area contributed by atoms with Crippen LogP contribution in [0, 0.1) is 13.8 Å². The first-order valence-electron chi connectivity index (χ1n) is 6.16. The van der Waals surface area contributed by atoms with Gasteiger partial charge in [0.25, 0.3) is 5.91 Å². The minimum absolute atomic E-state index is 0.105. The van der Waals surface area contributed by atoms with Gasteiger partial charge in [-0.1, -0.05) is 23.4 Å². The first-order chi connectivity index (χ1) is 10.0. The summed E-state index contributed by atoms with van der Waals surface area (Å²) in [5, 5.41) is 9.11. The minimum Gasteiger partial charge on any atom is -0.484 e. The Bertz CT molecular complexity index is 660. The zero-order chi connectivity index (χ0) is 15.4. The summed E-state index contributed by atoms with van der Waals surface area (Å²) in [6, 6.07) is 5.24. The van der Waals surface area contributed by atoms with Crippen LogP contribution in [0.15, 0.2) is 23.4 Å². The van der Waals surface area contributed by atoms with Crippen molar-refractivity contribution in [3.8, 4) is 5.75 Å². The Morgan fingerprint density at radius 3 is 2.86 bits per heavy atom. The van der Waals surface area contributed by atoms with Crippen LogP contribution in [0.3, 0.4) is 0 Å². The minimum atomic E-state index is -0.291. The number of nitrogens with one attached hydrogen (secondary N) is 1. The number of carbonyl (C=O) groups is 1. The van der Waals surface area contributed by atoms with Crippen molar-refractivity contribution in [3.63, 3.8) is 0 Å². The summed E-state index contributed by atoms with van der Waals surface area (Å²) in [6.07, 6.45) is 1.86. The van der Waals surface area contributed by atoms with Gasteiger partial charge in [0.15, 0.2) is 6.61 Å². The van der Waals surface area contributed by atoms with E-state index < -0.39 is 0 Å². The van der Waals surface area contributed by atoms with Crippen molar-refractivity contribution in [1.82, 2.24) is 14.9 Å². The molecule has 0 fully saturated rings. The van der Waals surface area contributed by atoms with Crippen LogP contribution in [0.5, 0.6) is 5.75 Å². The molecular formula is C13H15ClN4O2S. The predicted molar refractivity (Wildman–Crippen MR) is 82.6 cm³/mol. The number of aryl methyl sites for hydroxylation is 2. The van der Waals surface area contributed by atoms with Crippen molar-refractivity contribution in [2.24, 2.45) is 0 Å². The zero-order valence-corrected chi connectivity index (χ0v) is 13.5. The molecule has 2 rings (SSSR count). The Hall–Kier alpha value is -1.73. The average Bonchev–Trinajstić information content (AvgIpc) is 2.81. The largest absolute Gasteiger partial charge is 0.484 e. The van der Waals surface area contributed by atoms with Gasteiger partial charge in [0.2, 0.25) is 5.16 Å². The molecule has 0 saturated heterocycles. The average molecular weight is 327 g/mol. The molecule has 8 heteroatoms. The van der Waals surface area contributed by atoms with E-state index in [0.717, 1.165) is 5.56 Å². The first kappa shape index (κ1) is 15.7. The quantitative estimate of drug-likeness (QED) is 0.855. The van der Waals surface area contributed by atoms with E-state index in [9.17, 15) is 4.79 Å². The smallest absolute Gasteiger partial charge is 0.276 e. The van der Waals surface area contributed by atoms with Crippen LogP contribution in [0.1, 0.15) is 11.4 Å². The van der Waals surface area contributed by atoms with Crippen molar-refractivity contribution < 1.29 is 9.53 Å². The Balaban J connectivity index is 1.95. The van der Waals surface area contributed by atoms with E-state index in [1.165, 1.54) is 16.4 Å². The van der Waals surface area contributed by atoms with Crippen LogP contribution < -0.4 is 10.2 Å². The maximum absolute atomic E-state index is 11.9. The molecule has 1 aromatic carbocycles. The lowest BCUT2D eigenvalue weighted by molar-refractivity contribution is -0.119. The van der Waals surface area contributed by atoms with E-state index in [4.69, 9.17) is 16.3 Å². The number of aromatic nitrogens is 3. The standard InChI is InChI=1S/C13H15ClN4O2S/c1-8-6-10(4-5-11(8)14)20-7-12(19)17-18-9(2)15-16-13(18)21-3/h4-6H,7H2,1-3H3,(H,17,19). The summed E-state index contributed by atoms with van der Waals surface area (Å²) in [5.74, 6) is 0.911. The van der Waals surface area contributed by atoms with Crippen molar-refractivity contribution in [1.29, 1.82) is 0 Å². The normalized spacial score (nSPS) is 10.5. The fourth-order valence-electron chi connectivity index (χ4n) is 1.62. The number of benzene rings is 1. The van der Waals surface area contributed by atoms with Crippen LogP contribution in [0.2, 0.25) is 5.02 Å². The second kappa shape index (κ2) is 6.82. The molecule has 1 N–H and O–H groups in total. The molecule has 1 aromatic heterocycles. The number of nitrogens with zero attached hydrogens (tertiary/aromatic N) is 3. The van der Waals surface area contributed by atoms with Gasteiger partial charge in [-0.2, -0.15) is 0 Å². The van der Waals surface area contributed by atoms with Crippen molar-refractivity contribution >= 4 is 29.3 Å². The predicted octanol–water partition coefficient (Wildman–Crippen LogP) is 2.42. The van der Waals surface area contributed by atoms with Gasteiger partial charge in [-0.25, -0.2) is 4.68 Å². The number of thioether (sulfide) groups is 1. The third-order valence-electron chi connectivity index (χ3n) is 2.71. The van der Waals surface area contributed by atoms with E-state index in [1.807, 2.05) is 13.2 Å². The summed E-state index contributed by atoms with van der Waals surface area (Å²) in [7, 11) is 0. The van der Waals surface area contributed by atoms with Gasteiger partial charge in [0.1, 0.15) is 11.6 Å². The lowest BCUT2D eigenvalue weighted by Crippen LogP contribution is -2.29. The molecule has 112 valence electrons. The molecule has 21 heavy (non-hydrogen) atoms. The molecule has 0 atom stereocenters. The van der Waals surface area contributed by atoms with Crippen molar-refractivity contribution in [2.45, 2.75) is 19.0 Å². The molecule has 6 nitrogen and oxygen atoms in total. The number of amides is 1. The molecule has 0 bridgehead atoms. The number of ether oxygens (including phenoxy) is 1. The Morgan fingerprint density at radius 2 is 2.19 bits per heavy atom. The summed E-state index contributed by atoms with van der Waals surface area (Å²) < 4.78 is 6.97. The molecule has 1 amide bonds. The van der Waals surface area contributed by atoms with Crippen LogP contribution in [0.25, 0.3) is 0 Å². The van der Waals surface area contributed by atoms with E-state index in [-0.39, 0.29) is 12.5 Å². The highest BCUT2D eigenvalue weighted by atomic mass is 35.5. The molecular weight excluding hydrogens is 312 g/mol. The maximum atomic E-state index is 11.9. The first-order valence-corrected chi connectivity index (χ1v) is 7.76. The van der Waals surface area contributed by atoms with Gasteiger partial charge >= 0.3 is 0 Å². The molecule has 1 heterocycles. The van der Waals surface area contributed by atoms with Crippen LogP contribution in [-0.2, 0) is 4.79 Å². The molecule has 0 unspecified atom stereocenters. The topological polar surface area (TPSA) is 69.0 Å². The lowest BCUT2D eigenvalue weighted by atomic mass is 10.2. The van der Waals surface area contributed by atoms with Gasteiger partial charge in [0, 0.05) is 5.02 Å². The highest BCUT2D eigenvalue weighted by Gasteiger charge is 2.11. The van der Waals surface area contributed by atoms with Gasteiger partial charge < -0.3 is 4.74 Å². The number of hydrogen-bond donors (Lipinski definition) is 1.